The molecule has 0 fully saturated rings. The van der Waals surface area contributed by atoms with Crippen LogP contribution in [0.2, 0.25) is 0 Å². The smallest absolute Gasteiger partial charge is 0.329 e. The second-order valence-corrected chi connectivity index (χ2v) is 9.43. The monoisotopic (exact) mass is 517 g/mol. The minimum atomic E-state index is -4.91. The van der Waals surface area contributed by atoms with Crippen LogP contribution in [0.4, 0.5) is 19.3 Å². The number of hydrogen-bond acceptors (Lipinski definition) is 6. The van der Waals surface area contributed by atoms with Gasteiger partial charge in [0.2, 0.25) is 12.7 Å². The molecule has 0 aromatic heterocycles. The highest BCUT2D eigenvalue weighted by Crippen LogP contribution is 2.35. The second kappa shape index (κ2) is 10.2. The molecule has 1 heterocycles. The fourth-order valence-corrected chi connectivity index (χ4v) is 4.66. The van der Waals surface area contributed by atoms with Crippen LogP contribution >= 0.6 is 0 Å². The van der Waals surface area contributed by atoms with Crippen LogP contribution in [0.5, 0.6) is 11.5 Å². The first kappa shape index (κ1) is 24.9. The third-order valence-electron chi connectivity index (χ3n) is 5.37. The van der Waals surface area contributed by atoms with Crippen LogP contribution in [0.1, 0.15) is 5.56 Å². The SMILES string of the molecule is CN(C(=O)C(Cc1ccccc1)NC(=O)NS(=O)(=O)c1c(F)cccc1F)c1ccc2c(c1)OCO2. The van der Waals surface area contributed by atoms with Gasteiger partial charge in [-0.25, -0.2) is 26.7 Å². The molecule has 1 aliphatic rings. The van der Waals surface area contributed by atoms with Crippen molar-refractivity contribution in [2.45, 2.75) is 17.4 Å². The van der Waals surface area contributed by atoms with Gasteiger partial charge in [-0.15, -0.1) is 0 Å². The van der Waals surface area contributed by atoms with Crippen molar-refractivity contribution in [1.29, 1.82) is 0 Å². The maximum absolute atomic E-state index is 14.0. The standard InChI is InChI=1S/C24H21F2N3O6S/c1-29(16-10-11-20-21(13-16)35-14-34-20)23(30)19(12-15-6-3-2-4-7-15)27-24(31)28-36(32,33)22-17(25)8-5-9-18(22)26/h2-11,13,19H,12,14H2,1H3,(H2,27,28,31). The summed E-state index contributed by atoms with van der Waals surface area (Å²) < 4.78 is 65.1. The predicted octanol–water partition coefficient (Wildman–Crippen LogP) is 2.96. The number of fused-ring (bicyclic) bond motifs is 1. The lowest BCUT2D eigenvalue weighted by Gasteiger charge is -2.25. The molecule has 188 valence electrons. The molecule has 2 N–H and O–H groups in total. The molecule has 0 saturated heterocycles. The van der Waals surface area contributed by atoms with Crippen molar-refractivity contribution in [3.05, 3.63) is 83.9 Å². The highest BCUT2D eigenvalue weighted by atomic mass is 32.2. The number of ether oxygens (including phenoxy) is 2. The minimum Gasteiger partial charge on any atom is -0.454 e. The molecule has 0 saturated carbocycles. The molecule has 4 rings (SSSR count). The van der Waals surface area contributed by atoms with Gasteiger partial charge in [0.05, 0.1) is 0 Å². The van der Waals surface area contributed by atoms with Gasteiger partial charge in [-0.05, 0) is 29.8 Å². The summed E-state index contributed by atoms with van der Waals surface area (Å²) in [7, 11) is -3.44. The van der Waals surface area contributed by atoms with Gasteiger partial charge in [-0.2, -0.15) is 0 Å². The Morgan fingerprint density at radius 3 is 2.33 bits per heavy atom. The van der Waals surface area contributed by atoms with Crippen LogP contribution in [0, 0.1) is 11.6 Å². The Bertz CT molecular complexity index is 1380. The lowest BCUT2D eigenvalue weighted by Crippen LogP contribution is -2.52. The molecule has 36 heavy (non-hydrogen) atoms. The maximum atomic E-state index is 14.0. The third kappa shape index (κ3) is 5.38. The Kier molecular flexibility index (Phi) is 7.06. The van der Waals surface area contributed by atoms with Gasteiger partial charge < -0.3 is 19.7 Å². The molecule has 3 amide bonds. The number of nitrogens with one attached hydrogen (secondary N) is 2. The summed E-state index contributed by atoms with van der Waals surface area (Å²) in [4.78, 5) is 26.0. The summed E-state index contributed by atoms with van der Waals surface area (Å²) >= 11 is 0. The van der Waals surface area contributed by atoms with Gasteiger partial charge in [0.15, 0.2) is 16.4 Å². The lowest BCUT2D eigenvalue weighted by molar-refractivity contribution is -0.120. The molecule has 12 heteroatoms. The van der Waals surface area contributed by atoms with Crippen molar-refractivity contribution < 1.29 is 36.3 Å². The zero-order valence-electron chi connectivity index (χ0n) is 18.9. The quantitative estimate of drug-likeness (QED) is 0.498. The number of hydrogen-bond donors (Lipinski definition) is 2. The maximum Gasteiger partial charge on any atom is 0.329 e. The second-order valence-electron chi connectivity index (χ2n) is 7.81. The highest BCUT2D eigenvalue weighted by Gasteiger charge is 2.30. The zero-order chi connectivity index (χ0) is 25.9. The van der Waals surface area contributed by atoms with Crippen molar-refractivity contribution in [3.63, 3.8) is 0 Å². The van der Waals surface area contributed by atoms with Crippen molar-refractivity contribution >= 4 is 27.6 Å². The van der Waals surface area contributed by atoms with E-state index in [-0.39, 0.29) is 13.2 Å². The number of nitrogens with zero attached hydrogens (tertiary/aromatic N) is 1. The first-order valence-corrected chi connectivity index (χ1v) is 12.1. The average Bonchev–Trinajstić information content (AvgIpc) is 3.30. The van der Waals surface area contributed by atoms with E-state index in [0.717, 1.165) is 18.2 Å². The molecule has 0 radical (unpaired) electrons. The lowest BCUT2D eigenvalue weighted by atomic mass is 10.0. The van der Waals surface area contributed by atoms with Crippen molar-refractivity contribution in [2.24, 2.45) is 0 Å². The molecule has 0 aliphatic carbocycles. The van der Waals surface area contributed by atoms with Crippen LogP contribution in [-0.2, 0) is 21.2 Å². The van der Waals surface area contributed by atoms with E-state index in [1.165, 1.54) is 11.9 Å². The number of likely N-dealkylation sites (N-methyl/N-ethyl adjacent to an activating group) is 1. The van der Waals surface area contributed by atoms with Crippen LogP contribution in [0.25, 0.3) is 0 Å². The van der Waals surface area contributed by atoms with Gasteiger partial charge in [0.25, 0.3) is 10.0 Å². The number of carbonyl (C=O) groups is 2. The van der Waals surface area contributed by atoms with Crippen LogP contribution in [-0.4, -0.2) is 40.2 Å². The fraction of sp³-hybridized carbons (Fsp3) is 0.167. The molecule has 3 aromatic carbocycles. The molecule has 1 aliphatic heterocycles. The van der Waals surface area contributed by atoms with Gasteiger partial charge in [-0.3, -0.25) is 4.79 Å². The summed E-state index contributed by atoms with van der Waals surface area (Å²) in [6.45, 7) is 0.0475. The summed E-state index contributed by atoms with van der Waals surface area (Å²) in [5, 5.41) is 2.31. The molecule has 1 unspecified atom stereocenters. The third-order valence-corrected chi connectivity index (χ3v) is 6.76. The number of sulfonamides is 1. The Morgan fingerprint density at radius 1 is 0.972 bits per heavy atom. The molecule has 3 aromatic rings. The molecular formula is C24H21F2N3O6S. The van der Waals surface area contributed by atoms with Gasteiger partial charge in [-0.1, -0.05) is 36.4 Å². The highest BCUT2D eigenvalue weighted by molar-refractivity contribution is 7.90. The Labute approximate surface area is 205 Å². The first-order chi connectivity index (χ1) is 17.2. The van der Waals surface area contributed by atoms with E-state index in [1.54, 1.807) is 53.3 Å². The predicted molar refractivity (Wildman–Crippen MR) is 125 cm³/mol. The molecular weight excluding hydrogens is 496 g/mol. The summed E-state index contributed by atoms with van der Waals surface area (Å²) in [5.74, 6) is -2.36. The zero-order valence-corrected chi connectivity index (χ0v) is 19.7. The average molecular weight is 518 g/mol. The van der Waals surface area contributed by atoms with Gasteiger partial charge >= 0.3 is 6.03 Å². The molecule has 0 bridgehead atoms. The van der Waals surface area contributed by atoms with E-state index in [4.69, 9.17) is 9.47 Å². The number of urea groups is 1. The van der Waals surface area contributed by atoms with Crippen molar-refractivity contribution in [1.82, 2.24) is 10.0 Å². The number of rotatable bonds is 7. The number of halogens is 2. The minimum absolute atomic E-state index is 0.0100. The van der Waals surface area contributed by atoms with E-state index in [0.29, 0.717) is 22.7 Å². The Balaban J connectivity index is 1.56. The van der Waals surface area contributed by atoms with E-state index >= 15 is 0 Å². The van der Waals surface area contributed by atoms with E-state index in [9.17, 15) is 26.8 Å². The van der Waals surface area contributed by atoms with Crippen LogP contribution < -0.4 is 24.4 Å². The molecule has 9 nitrogen and oxygen atoms in total. The number of benzene rings is 3. The van der Waals surface area contributed by atoms with E-state index < -0.39 is 44.5 Å². The van der Waals surface area contributed by atoms with Crippen molar-refractivity contribution in [2.75, 3.05) is 18.7 Å². The largest absolute Gasteiger partial charge is 0.454 e. The number of carbonyl (C=O) groups excluding carboxylic acids is 2. The van der Waals surface area contributed by atoms with E-state index in [2.05, 4.69) is 5.32 Å². The van der Waals surface area contributed by atoms with Crippen LogP contribution in [0.3, 0.4) is 0 Å². The summed E-state index contributed by atoms with van der Waals surface area (Å²) in [6, 6.07) is 13.5. The topological polar surface area (TPSA) is 114 Å². The molecule has 0 spiro atoms. The van der Waals surface area contributed by atoms with E-state index in [1.807, 2.05) is 0 Å². The Hall–Kier alpha value is -4.19. The Morgan fingerprint density at radius 2 is 1.64 bits per heavy atom. The number of amides is 3. The number of anilines is 1. The fourth-order valence-electron chi connectivity index (χ4n) is 3.60. The summed E-state index contributed by atoms with van der Waals surface area (Å²) in [5.41, 5.74) is 1.11. The normalized spacial score (nSPS) is 13.1. The summed E-state index contributed by atoms with van der Waals surface area (Å²) in [6.07, 6.45) is 0.0100. The van der Waals surface area contributed by atoms with Gasteiger partial charge in [0, 0.05) is 25.2 Å². The van der Waals surface area contributed by atoms with Crippen molar-refractivity contribution in [3.8, 4) is 11.5 Å². The van der Waals surface area contributed by atoms with Gasteiger partial charge in [0.1, 0.15) is 17.7 Å². The first-order valence-electron chi connectivity index (χ1n) is 10.6. The molecule has 1 atom stereocenters. The van der Waals surface area contributed by atoms with Crippen LogP contribution in [0.15, 0.2) is 71.6 Å².